The van der Waals surface area contributed by atoms with E-state index in [0.29, 0.717) is 28.5 Å². The topological polar surface area (TPSA) is 71.5 Å². The summed E-state index contributed by atoms with van der Waals surface area (Å²) in [6.07, 6.45) is 0. The molecule has 0 aliphatic carbocycles. The van der Waals surface area contributed by atoms with Crippen LogP contribution in [0.4, 0.5) is 85.3 Å². The standard InChI is InChI=1S/C59H42N8O2/c1-62-39-22-6-12-28-45(39)65(46-29-13-7-23-40(46)62)51-36-52(66-47-30-14-8-24-41(47)63(2)42-25-9-15-31-48(42)66)57(67-49-32-16-10-26-43(49)64(3)44-27-11-17-33-50(44)67)56(59-61-38-21-5-19-35-54(38)69-59)55(51)58-60-37-20-4-18-34-53(37)68-58/h4-36H,1-3H3. The summed E-state index contributed by atoms with van der Waals surface area (Å²) in [4.78, 5) is 24.9. The monoisotopic (exact) mass is 894 g/mol. The fourth-order valence-corrected chi connectivity index (χ4v) is 10.8. The molecule has 3 aliphatic rings. The van der Waals surface area contributed by atoms with Crippen LogP contribution < -0.4 is 29.4 Å². The summed E-state index contributed by atoms with van der Waals surface area (Å²) in [7, 11) is 6.42. The van der Waals surface area contributed by atoms with Crippen LogP contribution >= 0.6 is 0 Å². The molecule has 11 aromatic rings. The third kappa shape index (κ3) is 5.66. The summed E-state index contributed by atoms with van der Waals surface area (Å²) >= 11 is 0. The second-order valence-electron chi connectivity index (χ2n) is 17.6. The second kappa shape index (κ2) is 14.9. The number of hydrogen-bond acceptors (Lipinski definition) is 10. The van der Waals surface area contributed by atoms with Crippen molar-refractivity contribution in [2.75, 3.05) is 50.5 Å². The minimum absolute atomic E-state index is 0.423. The van der Waals surface area contributed by atoms with E-state index in [2.05, 4.69) is 202 Å². The Labute approximate surface area is 398 Å². The highest BCUT2D eigenvalue weighted by molar-refractivity contribution is 6.15. The summed E-state index contributed by atoms with van der Waals surface area (Å²) in [5.74, 6) is 0.854. The van der Waals surface area contributed by atoms with Crippen molar-refractivity contribution in [2.45, 2.75) is 0 Å². The van der Waals surface area contributed by atoms with E-state index in [0.717, 1.165) is 102 Å². The zero-order chi connectivity index (χ0) is 45.9. The Hall–Kier alpha value is -9.28. The Morgan fingerprint density at radius 1 is 0.290 bits per heavy atom. The van der Waals surface area contributed by atoms with E-state index in [1.54, 1.807) is 0 Å². The molecule has 0 saturated carbocycles. The molecule has 0 saturated heterocycles. The van der Waals surface area contributed by atoms with E-state index in [-0.39, 0.29) is 0 Å². The number of hydrogen-bond donors (Lipinski definition) is 0. The number of benzene rings is 9. The van der Waals surface area contributed by atoms with Crippen LogP contribution in [0.2, 0.25) is 0 Å². The van der Waals surface area contributed by atoms with Gasteiger partial charge in [-0.3, -0.25) is 0 Å². The molecule has 330 valence electrons. The van der Waals surface area contributed by atoms with Crippen molar-refractivity contribution in [1.82, 2.24) is 9.97 Å². The van der Waals surface area contributed by atoms with Crippen molar-refractivity contribution in [3.63, 3.8) is 0 Å². The molecule has 0 amide bonds. The minimum Gasteiger partial charge on any atom is -0.436 e. The van der Waals surface area contributed by atoms with Gasteiger partial charge in [0.15, 0.2) is 11.2 Å². The maximum Gasteiger partial charge on any atom is 0.230 e. The lowest BCUT2D eigenvalue weighted by Crippen LogP contribution is -2.29. The maximum absolute atomic E-state index is 7.14. The molecule has 69 heavy (non-hydrogen) atoms. The molecule has 0 spiro atoms. The Balaban J connectivity index is 1.24. The van der Waals surface area contributed by atoms with Crippen LogP contribution in [0.5, 0.6) is 0 Å². The average molecular weight is 895 g/mol. The first kappa shape index (κ1) is 38.9. The van der Waals surface area contributed by atoms with E-state index in [4.69, 9.17) is 18.8 Å². The normalized spacial score (nSPS) is 13.6. The van der Waals surface area contributed by atoms with Crippen LogP contribution in [0.1, 0.15) is 0 Å². The predicted octanol–water partition coefficient (Wildman–Crippen LogP) is 16.0. The zero-order valence-corrected chi connectivity index (χ0v) is 37.9. The molecule has 0 atom stereocenters. The van der Waals surface area contributed by atoms with Gasteiger partial charge in [-0.2, -0.15) is 0 Å². The minimum atomic E-state index is 0.423. The molecular formula is C59H42N8O2. The fraction of sp³-hybridized carbons (Fsp3) is 0.0508. The predicted molar refractivity (Wildman–Crippen MR) is 281 cm³/mol. The first-order valence-corrected chi connectivity index (χ1v) is 23.1. The number of rotatable bonds is 5. The fourth-order valence-electron chi connectivity index (χ4n) is 10.8. The van der Waals surface area contributed by atoms with Crippen molar-refractivity contribution in [2.24, 2.45) is 0 Å². The van der Waals surface area contributed by atoms with Gasteiger partial charge in [0.1, 0.15) is 11.0 Å². The van der Waals surface area contributed by atoms with Gasteiger partial charge in [-0.15, -0.1) is 0 Å². The van der Waals surface area contributed by atoms with Crippen molar-refractivity contribution < 1.29 is 8.83 Å². The van der Waals surface area contributed by atoms with Crippen LogP contribution in [0.15, 0.2) is 209 Å². The third-order valence-electron chi connectivity index (χ3n) is 13.9. The quantitative estimate of drug-likeness (QED) is 0.167. The van der Waals surface area contributed by atoms with E-state index in [9.17, 15) is 0 Å². The number of aromatic nitrogens is 2. The Morgan fingerprint density at radius 3 is 0.942 bits per heavy atom. The molecular weight excluding hydrogens is 853 g/mol. The van der Waals surface area contributed by atoms with Gasteiger partial charge in [0.25, 0.3) is 0 Å². The molecule has 2 aromatic heterocycles. The lowest BCUT2D eigenvalue weighted by Gasteiger charge is -2.44. The molecule has 14 rings (SSSR count). The summed E-state index contributed by atoms with van der Waals surface area (Å²) < 4.78 is 14.2. The first-order chi connectivity index (χ1) is 34.0. The Bertz CT molecular complexity index is 3670. The van der Waals surface area contributed by atoms with Crippen LogP contribution in [0.25, 0.3) is 45.1 Å². The van der Waals surface area contributed by atoms with Gasteiger partial charge in [0, 0.05) is 21.1 Å². The van der Waals surface area contributed by atoms with Crippen LogP contribution in [-0.2, 0) is 0 Å². The van der Waals surface area contributed by atoms with E-state index in [1.807, 2.05) is 48.5 Å². The molecule has 5 heterocycles. The first-order valence-electron chi connectivity index (χ1n) is 23.1. The average Bonchev–Trinajstić information content (AvgIpc) is 4.04. The van der Waals surface area contributed by atoms with Gasteiger partial charge >= 0.3 is 0 Å². The van der Waals surface area contributed by atoms with Gasteiger partial charge < -0.3 is 38.2 Å². The number of fused-ring (bicyclic) bond motifs is 8. The molecule has 0 N–H and O–H groups in total. The van der Waals surface area contributed by atoms with E-state index in [1.165, 1.54) is 0 Å². The highest BCUT2D eigenvalue weighted by Crippen LogP contribution is 2.64. The molecule has 0 bridgehead atoms. The maximum atomic E-state index is 7.14. The molecule has 0 unspecified atom stereocenters. The summed E-state index contributed by atoms with van der Waals surface area (Å²) in [6, 6.07) is 69.9. The third-order valence-corrected chi connectivity index (χ3v) is 13.9. The molecule has 10 nitrogen and oxygen atoms in total. The lowest BCUT2D eigenvalue weighted by atomic mass is 9.93. The van der Waals surface area contributed by atoms with E-state index < -0.39 is 0 Å². The highest BCUT2D eigenvalue weighted by atomic mass is 16.4. The summed E-state index contributed by atoms with van der Waals surface area (Å²) in [6.45, 7) is 0. The molecule has 9 aromatic carbocycles. The lowest BCUT2D eigenvalue weighted by molar-refractivity contribution is 0.611. The van der Waals surface area contributed by atoms with Crippen molar-refractivity contribution in [3.8, 4) is 22.9 Å². The molecule has 0 radical (unpaired) electrons. The zero-order valence-electron chi connectivity index (χ0n) is 37.9. The highest BCUT2D eigenvalue weighted by Gasteiger charge is 2.41. The summed E-state index contributed by atoms with van der Waals surface area (Å²) in [5, 5.41) is 0. The number of anilines is 15. The molecule has 0 fully saturated rings. The van der Waals surface area contributed by atoms with Gasteiger partial charge in [-0.25, -0.2) is 9.97 Å². The Morgan fingerprint density at radius 2 is 0.580 bits per heavy atom. The van der Waals surface area contributed by atoms with Gasteiger partial charge in [-0.05, 0) is 103 Å². The number of oxazole rings is 2. The second-order valence-corrected chi connectivity index (χ2v) is 17.6. The van der Waals surface area contributed by atoms with Crippen molar-refractivity contribution >= 4 is 108 Å². The molecule has 3 aliphatic heterocycles. The Kier molecular flexibility index (Phi) is 8.39. The summed E-state index contributed by atoms with van der Waals surface area (Å²) in [5.41, 5.74) is 19.1. The number of para-hydroxylation sites is 16. The smallest absolute Gasteiger partial charge is 0.230 e. The molecule has 10 heteroatoms. The SMILES string of the molecule is CN1c2ccccc2N(c2cc(N3c4ccccc4N(C)c4ccccc43)c(N3c4ccccc4N(C)c4ccccc43)c(-c3nc4ccccc4o3)c2-c2nc3ccccc3o2)c2ccccc21. The van der Waals surface area contributed by atoms with Crippen molar-refractivity contribution in [3.05, 3.63) is 200 Å². The van der Waals surface area contributed by atoms with Crippen LogP contribution in [0.3, 0.4) is 0 Å². The van der Waals surface area contributed by atoms with Gasteiger partial charge in [0.2, 0.25) is 11.8 Å². The van der Waals surface area contributed by atoms with Crippen molar-refractivity contribution in [1.29, 1.82) is 0 Å². The largest absolute Gasteiger partial charge is 0.436 e. The van der Waals surface area contributed by atoms with Gasteiger partial charge in [-0.1, -0.05) is 97.1 Å². The number of nitrogens with zero attached hydrogens (tertiary/aromatic N) is 8. The van der Waals surface area contributed by atoms with E-state index >= 15 is 0 Å². The van der Waals surface area contributed by atoms with Crippen LogP contribution in [0, 0.1) is 0 Å². The van der Waals surface area contributed by atoms with Crippen LogP contribution in [-0.4, -0.2) is 31.1 Å². The van der Waals surface area contributed by atoms with Gasteiger partial charge in [0.05, 0.1) is 96.4 Å².